The first-order valence-corrected chi connectivity index (χ1v) is 7.25. The number of rotatable bonds is 6. The van der Waals surface area contributed by atoms with E-state index in [0.29, 0.717) is 12.6 Å². The Kier molecular flexibility index (Phi) is 5.27. The Bertz CT molecular complexity index is 459. The summed E-state index contributed by atoms with van der Waals surface area (Å²) in [7, 11) is 0. The molecule has 0 spiro atoms. The van der Waals surface area contributed by atoms with E-state index >= 15 is 0 Å². The van der Waals surface area contributed by atoms with E-state index in [0.717, 1.165) is 37.3 Å². The number of aryl methyl sites for hydroxylation is 2. The lowest BCUT2D eigenvalue weighted by molar-refractivity contribution is -0.174. The van der Waals surface area contributed by atoms with Crippen molar-refractivity contribution >= 4 is 0 Å². The number of alkyl halides is 3. The number of ether oxygens (including phenoxy) is 1. The Morgan fingerprint density at radius 2 is 2.14 bits per heavy atom. The molecule has 1 aromatic rings. The molecule has 1 fully saturated rings. The van der Waals surface area contributed by atoms with Gasteiger partial charge in [0.2, 0.25) is 0 Å². The van der Waals surface area contributed by atoms with Crippen LogP contribution in [0, 0.1) is 13.8 Å². The van der Waals surface area contributed by atoms with Crippen LogP contribution in [0.25, 0.3) is 0 Å². The molecule has 0 aromatic carbocycles. The summed E-state index contributed by atoms with van der Waals surface area (Å²) in [6, 6.07) is 2.36. The number of halogens is 3. The maximum Gasteiger partial charge on any atom is 0.411 e. The van der Waals surface area contributed by atoms with E-state index in [9.17, 15) is 13.2 Å². The first-order valence-electron chi connectivity index (χ1n) is 7.25. The summed E-state index contributed by atoms with van der Waals surface area (Å²) in [6.45, 7) is 5.18. The minimum Gasteiger partial charge on any atom is -0.371 e. The Balaban J connectivity index is 1.79. The van der Waals surface area contributed by atoms with Crippen molar-refractivity contribution in [3.63, 3.8) is 0 Å². The predicted octanol–water partition coefficient (Wildman–Crippen LogP) is 2.54. The highest BCUT2D eigenvalue weighted by molar-refractivity contribution is 5.06. The Morgan fingerprint density at radius 1 is 1.38 bits per heavy atom. The average Bonchev–Trinajstić information content (AvgIpc) is 2.92. The van der Waals surface area contributed by atoms with E-state index in [2.05, 4.69) is 10.00 Å². The Hall–Kier alpha value is -1.08. The van der Waals surface area contributed by atoms with Crippen molar-refractivity contribution in [1.82, 2.24) is 14.7 Å². The van der Waals surface area contributed by atoms with Gasteiger partial charge in [-0.2, -0.15) is 18.3 Å². The monoisotopic (exact) mass is 305 g/mol. The summed E-state index contributed by atoms with van der Waals surface area (Å²) >= 11 is 0. The summed E-state index contributed by atoms with van der Waals surface area (Å²) < 4.78 is 42.7. The molecular formula is C14H22F3N3O. The average molecular weight is 305 g/mol. The molecule has 1 aromatic heterocycles. The molecule has 1 aliphatic heterocycles. The molecule has 1 atom stereocenters. The zero-order chi connectivity index (χ0) is 15.5. The van der Waals surface area contributed by atoms with Crippen LogP contribution in [0.4, 0.5) is 13.2 Å². The van der Waals surface area contributed by atoms with Gasteiger partial charge in [-0.3, -0.25) is 9.58 Å². The summed E-state index contributed by atoms with van der Waals surface area (Å²) in [5, 5.41) is 4.45. The van der Waals surface area contributed by atoms with Gasteiger partial charge in [-0.05, 0) is 39.3 Å². The van der Waals surface area contributed by atoms with Gasteiger partial charge in [-0.1, -0.05) is 0 Å². The molecule has 2 rings (SSSR count). The largest absolute Gasteiger partial charge is 0.411 e. The minimum atomic E-state index is -4.24. The van der Waals surface area contributed by atoms with Crippen LogP contribution in [-0.4, -0.2) is 53.2 Å². The molecule has 2 heterocycles. The maximum atomic E-state index is 12.0. The van der Waals surface area contributed by atoms with Crippen LogP contribution in [-0.2, 0) is 11.3 Å². The van der Waals surface area contributed by atoms with Crippen LogP contribution in [0.15, 0.2) is 6.07 Å². The fourth-order valence-corrected chi connectivity index (χ4v) is 2.83. The van der Waals surface area contributed by atoms with Gasteiger partial charge in [0.15, 0.2) is 0 Å². The zero-order valence-corrected chi connectivity index (χ0v) is 12.5. The number of nitrogens with zero attached hydrogens (tertiary/aromatic N) is 3. The SMILES string of the molecule is Cc1cc(C)n(CC2CCCN2CCOCC(F)(F)F)n1. The highest BCUT2D eigenvalue weighted by atomic mass is 19.4. The fraction of sp³-hybridized carbons (Fsp3) is 0.786. The van der Waals surface area contributed by atoms with Gasteiger partial charge in [0.05, 0.1) is 18.8 Å². The third-order valence-corrected chi connectivity index (χ3v) is 3.77. The molecule has 7 heteroatoms. The van der Waals surface area contributed by atoms with E-state index in [1.165, 1.54) is 0 Å². The molecule has 21 heavy (non-hydrogen) atoms. The number of hydrogen-bond acceptors (Lipinski definition) is 3. The van der Waals surface area contributed by atoms with Crippen molar-refractivity contribution in [2.24, 2.45) is 0 Å². The molecule has 0 saturated carbocycles. The number of likely N-dealkylation sites (tertiary alicyclic amines) is 1. The van der Waals surface area contributed by atoms with Gasteiger partial charge in [-0.25, -0.2) is 0 Å². The molecule has 0 amide bonds. The van der Waals surface area contributed by atoms with Gasteiger partial charge < -0.3 is 4.74 Å². The highest BCUT2D eigenvalue weighted by Crippen LogP contribution is 2.20. The third kappa shape index (κ3) is 5.00. The topological polar surface area (TPSA) is 30.3 Å². The molecule has 120 valence electrons. The van der Waals surface area contributed by atoms with Crippen molar-refractivity contribution in [3.05, 3.63) is 17.5 Å². The molecular weight excluding hydrogens is 283 g/mol. The smallest absolute Gasteiger partial charge is 0.371 e. The lowest BCUT2D eigenvalue weighted by Crippen LogP contribution is -2.36. The van der Waals surface area contributed by atoms with Gasteiger partial charge in [0.1, 0.15) is 6.61 Å². The summed E-state index contributed by atoms with van der Waals surface area (Å²) in [6.07, 6.45) is -2.12. The van der Waals surface area contributed by atoms with Crippen LogP contribution < -0.4 is 0 Å². The molecule has 1 saturated heterocycles. The second-order valence-electron chi connectivity index (χ2n) is 5.61. The second kappa shape index (κ2) is 6.79. The third-order valence-electron chi connectivity index (χ3n) is 3.77. The lowest BCUT2D eigenvalue weighted by Gasteiger charge is -2.24. The first-order chi connectivity index (χ1) is 9.85. The molecule has 0 N–H and O–H groups in total. The normalized spacial score (nSPS) is 20.3. The molecule has 1 unspecified atom stereocenters. The minimum absolute atomic E-state index is 0.118. The van der Waals surface area contributed by atoms with Crippen molar-refractivity contribution in [3.8, 4) is 0 Å². The number of aromatic nitrogens is 2. The van der Waals surface area contributed by atoms with E-state index in [1.807, 2.05) is 24.6 Å². The molecule has 0 bridgehead atoms. The van der Waals surface area contributed by atoms with Crippen LogP contribution in [0.2, 0.25) is 0 Å². The fourth-order valence-electron chi connectivity index (χ4n) is 2.83. The molecule has 0 aliphatic carbocycles. The van der Waals surface area contributed by atoms with Gasteiger partial charge in [0.25, 0.3) is 0 Å². The summed E-state index contributed by atoms with van der Waals surface area (Å²) in [4.78, 5) is 2.20. The first kappa shape index (κ1) is 16.3. The van der Waals surface area contributed by atoms with Gasteiger partial charge in [-0.15, -0.1) is 0 Å². The second-order valence-corrected chi connectivity index (χ2v) is 5.61. The maximum absolute atomic E-state index is 12.0. The van der Waals surface area contributed by atoms with Crippen LogP contribution in [0.3, 0.4) is 0 Å². The predicted molar refractivity (Wildman–Crippen MR) is 73.2 cm³/mol. The molecule has 4 nitrogen and oxygen atoms in total. The van der Waals surface area contributed by atoms with E-state index < -0.39 is 12.8 Å². The van der Waals surface area contributed by atoms with E-state index in [1.54, 1.807) is 0 Å². The summed E-state index contributed by atoms with van der Waals surface area (Å²) in [5.74, 6) is 0. The quantitative estimate of drug-likeness (QED) is 0.757. The number of hydrogen-bond donors (Lipinski definition) is 0. The lowest BCUT2D eigenvalue weighted by atomic mass is 10.2. The molecule has 0 radical (unpaired) electrons. The van der Waals surface area contributed by atoms with E-state index in [4.69, 9.17) is 4.74 Å². The van der Waals surface area contributed by atoms with Gasteiger partial charge >= 0.3 is 6.18 Å². The summed E-state index contributed by atoms with van der Waals surface area (Å²) in [5.41, 5.74) is 2.11. The van der Waals surface area contributed by atoms with Crippen molar-refractivity contribution in [2.75, 3.05) is 26.3 Å². The van der Waals surface area contributed by atoms with Crippen molar-refractivity contribution < 1.29 is 17.9 Å². The Morgan fingerprint density at radius 3 is 2.76 bits per heavy atom. The van der Waals surface area contributed by atoms with Crippen LogP contribution in [0.5, 0.6) is 0 Å². The van der Waals surface area contributed by atoms with Gasteiger partial charge in [0, 0.05) is 18.3 Å². The van der Waals surface area contributed by atoms with E-state index in [-0.39, 0.29) is 6.61 Å². The standard InChI is InChI=1S/C14H22F3N3O/c1-11-8-12(2)20(18-11)9-13-4-3-5-19(13)6-7-21-10-14(15,16)17/h8,13H,3-7,9-10H2,1-2H3. The zero-order valence-electron chi connectivity index (χ0n) is 12.5. The van der Waals surface area contributed by atoms with Crippen LogP contribution in [0.1, 0.15) is 24.2 Å². The molecule has 1 aliphatic rings. The van der Waals surface area contributed by atoms with Crippen LogP contribution >= 0.6 is 0 Å². The Labute approximate surface area is 122 Å². The van der Waals surface area contributed by atoms with Crippen molar-refractivity contribution in [2.45, 2.75) is 45.5 Å². The van der Waals surface area contributed by atoms with Crippen molar-refractivity contribution in [1.29, 1.82) is 0 Å². The highest BCUT2D eigenvalue weighted by Gasteiger charge is 2.28.